The molecule has 0 amide bonds. The van der Waals surface area contributed by atoms with Gasteiger partial charge in [-0.25, -0.2) is 4.98 Å². The van der Waals surface area contributed by atoms with Crippen LogP contribution in [-0.4, -0.2) is 24.2 Å². The van der Waals surface area contributed by atoms with Gasteiger partial charge in [0.1, 0.15) is 11.0 Å². The third kappa shape index (κ3) is 3.93. The molecule has 0 saturated carbocycles. The summed E-state index contributed by atoms with van der Waals surface area (Å²) in [5.41, 5.74) is 6.04. The highest BCUT2D eigenvalue weighted by molar-refractivity contribution is 6.29. The molecule has 0 fully saturated rings. The maximum absolute atomic E-state index is 5.79. The molecule has 1 aromatic heterocycles. The second-order valence-electron chi connectivity index (χ2n) is 4.05. The van der Waals surface area contributed by atoms with Gasteiger partial charge in [-0.3, -0.25) is 0 Å². The van der Waals surface area contributed by atoms with E-state index >= 15 is 0 Å². The Balaban J connectivity index is 2.80. The first-order chi connectivity index (χ1) is 6.93. The Kier molecular flexibility index (Phi) is 3.77. The van der Waals surface area contributed by atoms with Crippen LogP contribution < -0.4 is 11.1 Å². The highest BCUT2D eigenvalue weighted by Gasteiger charge is 2.17. The number of hydrogen-bond acceptors (Lipinski definition) is 4. The zero-order valence-corrected chi connectivity index (χ0v) is 9.93. The van der Waals surface area contributed by atoms with Crippen molar-refractivity contribution in [3.8, 4) is 0 Å². The van der Waals surface area contributed by atoms with Gasteiger partial charge in [-0.1, -0.05) is 11.6 Å². The highest BCUT2D eigenvalue weighted by Crippen LogP contribution is 2.19. The van der Waals surface area contributed by atoms with Crippen molar-refractivity contribution in [3.63, 3.8) is 0 Å². The van der Waals surface area contributed by atoms with Crippen LogP contribution >= 0.6 is 11.6 Å². The van der Waals surface area contributed by atoms with Crippen LogP contribution in [0.5, 0.6) is 0 Å². The lowest BCUT2D eigenvalue weighted by Gasteiger charge is -2.26. The lowest BCUT2D eigenvalue weighted by molar-refractivity contribution is 0.158. The highest BCUT2D eigenvalue weighted by atomic mass is 35.5. The van der Waals surface area contributed by atoms with Crippen molar-refractivity contribution in [1.82, 2.24) is 4.98 Å². The molecule has 0 bridgehead atoms. The average molecular weight is 230 g/mol. The lowest BCUT2D eigenvalue weighted by atomic mass is 10.1. The largest absolute Gasteiger partial charge is 0.399 e. The quantitative estimate of drug-likeness (QED) is 0.777. The molecule has 0 aliphatic carbocycles. The van der Waals surface area contributed by atoms with Gasteiger partial charge in [0.15, 0.2) is 0 Å². The fourth-order valence-corrected chi connectivity index (χ4v) is 1.54. The number of pyridine rings is 1. The summed E-state index contributed by atoms with van der Waals surface area (Å²) in [5, 5.41) is 3.58. The Morgan fingerprint density at radius 2 is 2.20 bits per heavy atom. The minimum absolute atomic E-state index is 0.209. The zero-order valence-electron chi connectivity index (χ0n) is 9.17. The van der Waals surface area contributed by atoms with E-state index in [-0.39, 0.29) is 5.54 Å². The molecule has 0 atom stereocenters. The molecule has 0 aliphatic heterocycles. The minimum atomic E-state index is -0.209. The van der Waals surface area contributed by atoms with Gasteiger partial charge in [0.25, 0.3) is 0 Å². The maximum Gasteiger partial charge on any atom is 0.133 e. The molecule has 84 valence electrons. The molecule has 15 heavy (non-hydrogen) atoms. The van der Waals surface area contributed by atoms with E-state index in [1.807, 2.05) is 13.8 Å². The predicted octanol–water partition coefficient (Wildman–Crippen LogP) is 2.15. The van der Waals surface area contributed by atoms with Crippen LogP contribution in [0.3, 0.4) is 0 Å². The van der Waals surface area contributed by atoms with Crippen molar-refractivity contribution in [2.24, 2.45) is 0 Å². The normalized spacial score (nSPS) is 11.5. The van der Waals surface area contributed by atoms with Crippen molar-refractivity contribution in [2.45, 2.75) is 19.4 Å². The van der Waals surface area contributed by atoms with Crippen LogP contribution in [0.25, 0.3) is 0 Å². The van der Waals surface area contributed by atoms with E-state index in [0.717, 1.165) is 0 Å². The number of halogens is 1. The van der Waals surface area contributed by atoms with E-state index in [1.165, 1.54) is 0 Å². The number of nitrogens with two attached hydrogens (primary N) is 1. The van der Waals surface area contributed by atoms with Crippen LogP contribution in [0, 0.1) is 0 Å². The van der Waals surface area contributed by atoms with E-state index in [4.69, 9.17) is 22.1 Å². The molecule has 5 heteroatoms. The first kappa shape index (κ1) is 12.1. The van der Waals surface area contributed by atoms with Crippen molar-refractivity contribution < 1.29 is 4.74 Å². The number of nitrogens with zero attached hydrogens (tertiary/aromatic N) is 1. The molecule has 0 aliphatic rings. The van der Waals surface area contributed by atoms with E-state index < -0.39 is 0 Å². The first-order valence-corrected chi connectivity index (χ1v) is 5.01. The standard InChI is InChI=1S/C10H16ClN3O/c1-10(2,6-15-3)14-9-5-7(12)4-8(11)13-9/h4-5H,6H2,1-3H3,(H3,12,13,14). The summed E-state index contributed by atoms with van der Waals surface area (Å²) in [6.07, 6.45) is 0. The summed E-state index contributed by atoms with van der Waals surface area (Å²) in [7, 11) is 1.66. The SMILES string of the molecule is COCC(C)(C)Nc1cc(N)cc(Cl)n1. The van der Waals surface area contributed by atoms with Gasteiger partial charge in [-0.15, -0.1) is 0 Å². The number of nitrogen functional groups attached to an aromatic ring is 1. The number of hydrogen-bond donors (Lipinski definition) is 2. The van der Waals surface area contributed by atoms with Gasteiger partial charge in [0.2, 0.25) is 0 Å². The van der Waals surface area contributed by atoms with Gasteiger partial charge in [0.05, 0.1) is 12.1 Å². The molecule has 4 nitrogen and oxygen atoms in total. The van der Waals surface area contributed by atoms with Crippen LogP contribution in [-0.2, 0) is 4.74 Å². The third-order valence-corrected chi connectivity index (χ3v) is 1.98. The van der Waals surface area contributed by atoms with Gasteiger partial charge in [-0.2, -0.15) is 0 Å². The molecule has 1 heterocycles. The summed E-state index contributed by atoms with van der Waals surface area (Å²) in [5.74, 6) is 0.655. The molecule has 3 N–H and O–H groups in total. The van der Waals surface area contributed by atoms with Gasteiger partial charge in [0, 0.05) is 18.9 Å². The summed E-state index contributed by atoms with van der Waals surface area (Å²) in [6, 6.07) is 3.35. The molecule has 0 radical (unpaired) electrons. The van der Waals surface area contributed by atoms with E-state index in [9.17, 15) is 0 Å². The smallest absolute Gasteiger partial charge is 0.133 e. The van der Waals surface area contributed by atoms with Crippen molar-refractivity contribution in [3.05, 3.63) is 17.3 Å². The Morgan fingerprint density at radius 3 is 2.73 bits per heavy atom. The predicted molar refractivity (Wildman–Crippen MR) is 63.2 cm³/mol. The van der Waals surface area contributed by atoms with Gasteiger partial charge in [-0.05, 0) is 19.9 Å². The molecular weight excluding hydrogens is 214 g/mol. The molecular formula is C10H16ClN3O. The number of methoxy groups -OCH3 is 1. The second-order valence-corrected chi connectivity index (χ2v) is 4.44. The third-order valence-electron chi connectivity index (χ3n) is 1.79. The molecule has 1 aromatic rings. The topological polar surface area (TPSA) is 60.2 Å². The Hall–Kier alpha value is -1.00. The molecule has 0 spiro atoms. The molecule has 0 saturated heterocycles. The van der Waals surface area contributed by atoms with Crippen LogP contribution in [0.15, 0.2) is 12.1 Å². The molecule has 0 aromatic carbocycles. The second kappa shape index (κ2) is 4.68. The van der Waals surface area contributed by atoms with Crippen LogP contribution in [0.1, 0.15) is 13.8 Å². The van der Waals surface area contributed by atoms with Crippen molar-refractivity contribution in [2.75, 3.05) is 24.8 Å². The van der Waals surface area contributed by atoms with Crippen molar-refractivity contribution in [1.29, 1.82) is 0 Å². The maximum atomic E-state index is 5.79. The van der Waals surface area contributed by atoms with Gasteiger partial charge >= 0.3 is 0 Å². The van der Waals surface area contributed by atoms with Crippen LogP contribution in [0.2, 0.25) is 5.15 Å². The average Bonchev–Trinajstić information content (AvgIpc) is 1.99. The number of anilines is 2. The molecule has 0 unspecified atom stereocenters. The first-order valence-electron chi connectivity index (χ1n) is 4.63. The summed E-state index contributed by atoms with van der Waals surface area (Å²) < 4.78 is 5.08. The summed E-state index contributed by atoms with van der Waals surface area (Å²) >= 11 is 5.79. The number of nitrogens with one attached hydrogen (secondary N) is 1. The summed E-state index contributed by atoms with van der Waals surface area (Å²) in [6.45, 7) is 4.59. The Bertz CT molecular complexity index is 321. The van der Waals surface area contributed by atoms with Crippen LogP contribution in [0.4, 0.5) is 11.5 Å². The number of aromatic nitrogens is 1. The van der Waals surface area contributed by atoms with E-state index in [0.29, 0.717) is 23.3 Å². The Labute approximate surface area is 94.8 Å². The van der Waals surface area contributed by atoms with Crippen molar-refractivity contribution >= 4 is 23.1 Å². The monoisotopic (exact) mass is 229 g/mol. The van der Waals surface area contributed by atoms with E-state index in [1.54, 1.807) is 19.2 Å². The minimum Gasteiger partial charge on any atom is -0.399 e. The zero-order chi connectivity index (χ0) is 11.5. The lowest BCUT2D eigenvalue weighted by Crippen LogP contribution is -2.36. The number of rotatable bonds is 4. The number of ether oxygens (including phenoxy) is 1. The van der Waals surface area contributed by atoms with E-state index in [2.05, 4.69) is 10.3 Å². The fraction of sp³-hybridized carbons (Fsp3) is 0.500. The molecule has 1 rings (SSSR count). The van der Waals surface area contributed by atoms with Gasteiger partial charge < -0.3 is 15.8 Å². The fourth-order valence-electron chi connectivity index (χ4n) is 1.32. The Morgan fingerprint density at radius 1 is 1.53 bits per heavy atom. The summed E-state index contributed by atoms with van der Waals surface area (Å²) in [4.78, 5) is 4.12.